The quantitative estimate of drug-likeness (QED) is 0.191. The van der Waals surface area contributed by atoms with E-state index in [1.54, 1.807) is 36.7 Å². The van der Waals surface area contributed by atoms with Gasteiger partial charge in [0.25, 0.3) is 5.91 Å². The third kappa shape index (κ3) is 5.93. The average Bonchev–Trinajstić information content (AvgIpc) is 3.48. The molecule has 1 amide bonds. The molecule has 45 heavy (non-hydrogen) atoms. The second-order valence-corrected chi connectivity index (χ2v) is 10.8. The number of pyridine rings is 1. The average molecular weight is 615 g/mol. The van der Waals surface area contributed by atoms with Crippen molar-refractivity contribution in [3.05, 3.63) is 144 Å². The van der Waals surface area contributed by atoms with Crippen LogP contribution in [0.2, 0.25) is 5.02 Å². The summed E-state index contributed by atoms with van der Waals surface area (Å²) >= 11 is 6.27. The molecule has 0 atom stereocenters. The molecule has 0 unspecified atom stereocenters. The van der Waals surface area contributed by atoms with Gasteiger partial charge in [-0.2, -0.15) is 5.10 Å². The highest BCUT2D eigenvalue weighted by Crippen LogP contribution is 2.36. The monoisotopic (exact) mass is 614 g/mol. The standard InChI is InChI=1S/C35H27ClN6O3/c36-28-14-5-4-13-27(28)34(43)38-26-12-8-11-25(21-26)33-32(30-15-6-7-18-42(30)40-33)29-16-17-37-35(39-29)41(31-23-44-19-20-45-31)22-24-9-2-1-3-10-24/h1-2,4-9,11-21,23H,3,10,22H2,(H,38,43). The summed E-state index contributed by atoms with van der Waals surface area (Å²) in [6.07, 6.45) is 16.4. The highest BCUT2D eigenvalue weighted by Gasteiger charge is 2.23. The topological polar surface area (TPSA) is 93.9 Å². The Balaban J connectivity index is 1.28. The zero-order chi connectivity index (χ0) is 30.6. The number of nitrogens with one attached hydrogen (secondary N) is 1. The lowest BCUT2D eigenvalue weighted by atomic mass is 10.0. The minimum atomic E-state index is -0.296. The zero-order valence-corrected chi connectivity index (χ0v) is 24.8. The third-order valence-corrected chi connectivity index (χ3v) is 7.74. The van der Waals surface area contributed by atoms with Crippen molar-refractivity contribution in [3.8, 4) is 22.5 Å². The number of hydrogen-bond acceptors (Lipinski definition) is 7. The van der Waals surface area contributed by atoms with E-state index in [0.29, 0.717) is 46.0 Å². The minimum absolute atomic E-state index is 0.296. The molecule has 0 saturated carbocycles. The Bertz CT molecular complexity index is 2030. The van der Waals surface area contributed by atoms with E-state index in [-0.39, 0.29) is 5.91 Å². The predicted octanol–water partition coefficient (Wildman–Crippen LogP) is 7.76. The molecular formula is C35H27ClN6O3. The number of halogens is 1. The number of carbonyl (C=O) groups excluding carboxylic acids is 1. The molecule has 4 heterocycles. The van der Waals surface area contributed by atoms with Crippen LogP contribution in [-0.4, -0.2) is 32.0 Å². The Hall–Kier alpha value is -5.67. The Morgan fingerprint density at radius 2 is 1.96 bits per heavy atom. The van der Waals surface area contributed by atoms with Crippen LogP contribution < -0.4 is 10.2 Å². The predicted molar refractivity (Wildman–Crippen MR) is 174 cm³/mol. The third-order valence-electron chi connectivity index (χ3n) is 7.41. The molecule has 1 aliphatic carbocycles. The Morgan fingerprint density at radius 3 is 2.80 bits per heavy atom. The molecule has 222 valence electrons. The smallest absolute Gasteiger partial charge is 0.257 e. The maximum absolute atomic E-state index is 13.0. The molecule has 10 heteroatoms. The molecule has 5 aromatic rings. The van der Waals surface area contributed by atoms with Crippen molar-refractivity contribution in [1.82, 2.24) is 19.6 Å². The fraction of sp³-hybridized carbons (Fsp3) is 0.0857. The van der Waals surface area contributed by atoms with Gasteiger partial charge in [-0.1, -0.05) is 65.7 Å². The van der Waals surface area contributed by atoms with Gasteiger partial charge in [-0.05, 0) is 55.3 Å². The zero-order valence-electron chi connectivity index (χ0n) is 24.0. The highest BCUT2D eigenvalue weighted by atomic mass is 35.5. The molecule has 1 N–H and O–H groups in total. The van der Waals surface area contributed by atoms with Gasteiger partial charge in [-0.25, -0.2) is 14.5 Å². The van der Waals surface area contributed by atoms with Gasteiger partial charge in [0.1, 0.15) is 18.2 Å². The van der Waals surface area contributed by atoms with Gasteiger partial charge >= 0.3 is 0 Å². The lowest BCUT2D eigenvalue weighted by Crippen LogP contribution is -2.29. The van der Waals surface area contributed by atoms with E-state index in [4.69, 9.17) is 31.2 Å². The summed E-state index contributed by atoms with van der Waals surface area (Å²) in [5.41, 5.74) is 6.10. The normalized spacial score (nSPS) is 13.9. The molecule has 1 aliphatic heterocycles. The summed E-state index contributed by atoms with van der Waals surface area (Å²) < 4.78 is 13.1. The van der Waals surface area contributed by atoms with Crippen molar-refractivity contribution in [1.29, 1.82) is 0 Å². The maximum Gasteiger partial charge on any atom is 0.257 e. The number of aromatic nitrogens is 4. The van der Waals surface area contributed by atoms with Crippen LogP contribution in [-0.2, 0) is 9.47 Å². The van der Waals surface area contributed by atoms with Crippen LogP contribution in [0.5, 0.6) is 0 Å². The molecular weight excluding hydrogens is 588 g/mol. The summed E-state index contributed by atoms with van der Waals surface area (Å²) in [4.78, 5) is 24.6. The molecule has 2 aliphatic rings. The summed E-state index contributed by atoms with van der Waals surface area (Å²) in [7, 11) is 0. The molecule has 0 fully saturated rings. The Morgan fingerprint density at radius 1 is 1.04 bits per heavy atom. The van der Waals surface area contributed by atoms with Crippen LogP contribution in [0, 0.1) is 0 Å². The number of allylic oxidation sites excluding steroid dienone is 3. The Kier molecular flexibility index (Phi) is 7.82. The molecule has 3 aromatic heterocycles. The van der Waals surface area contributed by atoms with E-state index in [2.05, 4.69) is 28.5 Å². The first kappa shape index (κ1) is 28.1. The van der Waals surface area contributed by atoms with Crippen LogP contribution in [0.3, 0.4) is 0 Å². The number of ether oxygens (including phenoxy) is 2. The van der Waals surface area contributed by atoms with E-state index in [9.17, 15) is 4.79 Å². The van der Waals surface area contributed by atoms with Crippen molar-refractivity contribution in [2.45, 2.75) is 12.8 Å². The summed E-state index contributed by atoms with van der Waals surface area (Å²) in [6, 6.07) is 22.3. The number of anilines is 2. The van der Waals surface area contributed by atoms with E-state index < -0.39 is 0 Å². The van der Waals surface area contributed by atoms with Gasteiger partial charge < -0.3 is 14.8 Å². The van der Waals surface area contributed by atoms with Gasteiger partial charge in [0.05, 0.1) is 33.9 Å². The van der Waals surface area contributed by atoms with Gasteiger partial charge in [-0.3, -0.25) is 9.69 Å². The number of hydrogen-bond donors (Lipinski definition) is 1. The number of nitrogens with zero attached hydrogens (tertiary/aromatic N) is 5. The van der Waals surface area contributed by atoms with Crippen LogP contribution in [0.25, 0.3) is 28.0 Å². The Labute approximate surface area is 264 Å². The summed E-state index contributed by atoms with van der Waals surface area (Å²) in [5, 5.41) is 8.29. The second kappa shape index (κ2) is 12.5. The SMILES string of the molecule is O=C(Nc1cccc(-c2nn3ccccc3c2-c2ccnc(N(CC3=CC=CCC3)C3=COC=CO3)n2)c1)c1ccccc1Cl. The first-order valence-electron chi connectivity index (χ1n) is 14.4. The first-order chi connectivity index (χ1) is 22.1. The molecule has 0 radical (unpaired) electrons. The lowest BCUT2D eigenvalue weighted by Gasteiger charge is -2.26. The molecule has 0 bridgehead atoms. The maximum atomic E-state index is 13.0. The highest BCUT2D eigenvalue weighted by molar-refractivity contribution is 6.34. The number of carbonyl (C=O) groups is 1. The van der Waals surface area contributed by atoms with E-state index >= 15 is 0 Å². The van der Waals surface area contributed by atoms with Crippen molar-refractivity contribution < 1.29 is 14.3 Å². The van der Waals surface area contributed by atoms with Crippen molar-refractivity contribution >= 4 is 34.7 Å². The molecule has 2 aromatic carbocycles. The van der Waals surface area contributed by atoms with Gasteiger partial charge in [0.2, 0.25) is 11.8 Å². The van der Waals surface area contributed by atoms with Gasteiger partial charge in [-0.15, -0.1) is 0 Å². The summed E-state index contributed by atoms with van der Waals surface area (Å²) in [6.45, 7) is 0.533. The van der Waals surface area contributed by atoms with Crippen LogP contribution in [0.4, 0.5) is 11.6 Å². The van der Waals surface area contributed by atoms with Crippen LogP contribution in [0.15, 0.2) is 134 Å². The van der Waals surface area contributed by atoms with Crippen LogP contribution in [0.1, 0.15) is 23.2 Å². The molecule has 0 saturated heterocycles. The van der Waals surface area contributed by atoms with E-state index in [1.807, 2.05) is 64.1 Å². The number of benzene rings is 2. The largest absolute Gasteiger partial charge is 0.464 e. The minimum Gasteiger partial charge on any atom is -0.464 e. The first-order valence-corrected chi connectivity index (χ1v) is 14.8. The van der Waals surface area contributed by atoms with Crippen molar-refractivity contribution in [3.63, 3.8) is 0 Å². The number of fused-ring (bicyclic) bond motifs is 1. The molecule has 7 rings (SSSR count). The summed E-state index contributed by atoms with van der Waals surface area (Å²) in [5.74, 6) is 0.636. The van der Waals surface area contributed by atoms with E-state index in [0.717, 1.165) is 29.5 Å². The van der Waals surface area contributed by atoms with Gasteiger partial charge in [0.15, 0.2) is 6.26 Å². The lowest BCUT2D eigenvalue weighted by molar-refractivity contribution is 0.102. The number of amides is 1. The fourth-order valence-electron chi connectivity index (χ4n) is 5.28. The number of rotatable bonds is 8. The van der Waals surface area contributed by atoms with Crippen molar-refractivity contribution in [2.75, 3.05) is 16.8 Å². The molecule has 9 nitrogen and oxygen atoms in total. The fourth-order valence-corrected chi connectivity index (χ4v) is 5.50. The van der Waals surface area contributed by atoms with Crippen LogP contribution >= 0.6 is 11.6 Å². The van der Waals surface area contributed by atoms with Crippen molar-refractivity contribution in [2.24, 2.45) is 0 Å². The van der Waals surface area contributed by atoms with E-state index in [1.165, 1.54) is 18.1 Å². The van der Waals surface area contributed by atoms with Gasteiger partial charge in [0, 0.05) is 23.6 Å². The molecule has 0 spiro atoms. The second-order valence-electron chi connectivity index (χ2n) is 10.4.